The summed E-state index contributed by atoms with van der Waals surface area (Å²) in [6.45, 7) is 4.58. The smallest absolute Gasteiger partial charge is 0.00176 e. The van der Waals surface area contributed by atoms with E-state index in [2.05, 4.69) is 111 Å². The number of hydrogen-bond acceptors (Lipinski definition) is 0. The van der Waals surface area contributed by atoms with Crippen molar-refractivity contribution >= 4 is 21.5 Å². The van der Waals surface area contributed by atoms with Gasteiger partial charge in [-0.3, -0.25) is 0 Å². The number of unbranched alkanes of at least 4 members (excludes halogenated alkanes) is 2. The summed E-state index contributed by atoms with van der Waals surface area (Å²) in [6.07, 6.45) is 7.09. The van der Waals surface area contributed by atoms with Gasteiger partial charge in [-0.25, -0.2) is 0 Å². The molecule has 0 nitrogen and oxygen atoms in total. The maximum absolute atomic E-state index is 2.36. The van der Waals surface area contributed by atoms with Crippen molar-refractivity contribution in [1.82, 2.24) is 0 Å². The molecule has 0 bridgehead atoms. The second-order valence-electron chi connectivity index (χ2n) is 9.37. The minimum absolute atomic E-state index is 1.12. The molecule has 0 saturated heterocycles. The lowest BCUT2D eigenvalue weighted by atomic mass is 9.81. The highest BCUT2D eigenvalue weighted by atomic mass is 14.2. The first-order chi connectivity index (χ1) is 16.8. The van der Waals surface area contributed by atoms with Crippen LogP contribution in [-0.2, 0) is 12.8 Å². The van der Waals surface area contributed by atoms with Gasteiger partial charge in [0.25, 0.3) is 0 Å². The Hall–Kier alpha value is -3.38. The van der Waals surface area contributed by atoms with E-state index < -0.39 is 0 Å². The van der Waals surface area contributed by atoms with Crippen LogP contribution < -0.4 is 0 Å². The van der Waals surface area contributed by atoms with Gasteiger partial charge in [0.2, 0.25) is 0 Å². The average Bonchev–Trinajstić information content (AvgIpc) is 2.90. The van der Waals surface area contributed by atoms with E-state index in [4.69, 9.17) is 0 Å². The van der Waals surface area contributed by atoms with Crippen LogP contribution in [0.1, 0.15) is 50.7 Å². The van der Waals surface area contributed by atoms with E-state index in [1.54, 1.807) is 0 Å². The summed E-state index contributed by atoms with van der Waals surface area (Å²) in [4.78, 5) is 0. The van der Waals surface area contributed by atoms with Crippen LogP contribution in [0.5, 0.6) is 0 Å². The van der Waals surface area contributed by atoms with Crippen LogP contribution in [-0.4, -0.2) is 0 Å². The van der Waals surface area contributed by atoms with Crippen molar-refractivity contribution in [2.75, 3.05) is 0 Å². The predicted octanol–water partition coefficient (Wildman–Crippen LogP) is 10.0. The second kappa shape index (κ2) is 10.3. The fraction of sp³-hybridized carbons (Fsp3) is 0.235. The highest BCUT2D eigenvalue weighted by Crippen LogP contribution is 2.46. The molecule has 34 heavy (non-hydrogen) atoms. The SMILES string of the molecule is CCCCc1cccc2c1c(-c1ccccc1)c(-c1ccccc1)c1cccc(CCCC)c12. The molecular weight excluding hydrogens is 408 g/mol. The van der Waals surface area contributed by atoms with Gasteiger partial charge in [0.05, 0.1) is 0 Å². The quantitative estimate of drug-likeness (QED) is 0.210. The Morgan fingerprint density at radius 1 is 0.441 bits per heavy atom. The third-order valence-electron chi connectivity index (χ3n) is 7.06. The summed E-state index contributed by atoms with van der Waals surface area (Å²) in [7, 11) is 0. The molecule has 0 heteroatoms. The Balaban J connectivity index is 2.00. The van der Waals surface area contributed by atoms with E-state index in [1.165, 1.54) is 80.6 Å². The van der Waals surface area contributed by atoms with Crippen LogP contribution in [0.25, 0.3) is 43.8 Å². The Morgan fingerprint density at radius 3 is 1.50 bits per heavy atom. The van der Waals surface area contributed by atoms with Crippen molar-refractivity contribution in [1.29, 1.82) is 0 Å². The van der Waals surface area contributed by atoms with Gasteiger partial charge in [0.15, 0.2) is 0 Å². The zero-order valence-corrected chi connectivity index (χ0v) is 20.5. The zero-order valence-electron chi connectivity index (χ0n) is 20.5. The van der Waals surface area contributed by atoms with Crippen LogP contribution in [0.2, 0.25) is 0 Å². The lowest BCUT2D eigenvalue weighted by Crippen LogP contribution is -1.98. The molecule has 0 fully saturated rings. The van der Waals surface area contributed by atoms with Crippen molar-refractivity contribution in [3.05, 3.63) is 108 Å². The minimum Gasteiger partial charge on any atom is -0.0654 e. The van der Waals surface area contributed by atoms with Crippen molar-refractivity contribution in [2.24, 2.45) is 0 Å². The summed E-state index contributed by atoms with van der Waals surface area (Å²) in [5.74, 6) is 0. The average molecular weight is 443 g/mol. The first-order valence-corrected chi connectivity index (χ1v) is 12.9. The molecule has 0 saturated carbocycles. The standard InChI is InChI=1S/C34H34/c1-3-5-15-25-21-13-23-30-31(25)29-24-14-22-26(16-6-4-2)32(29)34(28-19-11-8-12-20-28)33(30)27-17-9-7-10-18-27/h7-14,17-24H,3-6,15-16H2,1-2H3. The number of rotatable bonds is 8. The maximum atomic E-state index is 2.36. The molecule has 0 atom stereocenters. The van der Waals surface area contributed by atoms with Gasteiger partial charge in [-0.2, -0.15) is 0 Å². The summed E-state index contributed by atoms with van der Waals surface area (Å²) in [5.41, 5.74) is 8.31. The predicted molar refractivity (Wildman–Crippen MR) is 150 cm³/mol. The monoisotopic (exact) mass is 442 g/mol. The van der Waals surface area contributed by atoms with Crippen molar-refractivity contribution in [3.8, 4) is 22.3 Å². The summed E-state index contributed by atoms with van der Waals surface area (Å²) in [6, 6.07) is 36.0. The van der Waals surface area contributed by atoms with Crippen LogP contribution >= 0.6 is 0 Å². The molecule has 0 aliphatic rings. The molecule has 0 unspecified atom stereocenters. The molecule has 0 aromatic heterocycles. The largest absolute Gasteiger partial charge is 0.0654 e. The first kappa shape index (κ1) is 22.4. The van der Waals surface area contributed by atoms with Crippen molar-refractivity contribution in [2.45, 2.75) is 52.4 Å². The summed E-state index contributed by atoms with van der Waals surface area (Å²) >= 11 is 0. The van der Waals surface area contributed by atoms with E-state index in [9.17, 15) is 0 Å². The van der Waals surface area contributed by atoms with Crippen molar-refractivity contribution in [3.63, 3.8) is 0 Å². The first-order valence-electron chi connectivity index (χ1n) is 12.9. The minimum atomic E-state index is 1.12. The third kappa shape index (κ3) is 4.14. The van der Waals surface area contributed by atoms with Gasteiger partial charge in [0.1, 0.15) is 0 Å². The van der Waals surface area contributed by atoms with Crippen LogP contribution in [0.4, 0.5) is 0 Å². The Bertz CT molecular complexity index is 1390. The van der Waals surface area contributed by atoms with Gasteiger partial charge >= 0.3 is 0 Å². The van der Waals surface area contributed by atoms with E-state index >= 15 is 0 Å². The van der Waals surface area contributed by atoms with Crippen LogP contribution in [0, 0.1) is 0 Å². The molecule has 0 aliphatic carbocycles. The van der Waals surface area contributed by atoms with E-state index in [0.29, 0.717) is 0 Å². The zero-order chi connectivity index (χ0) is 23.3. The molecule has 170 valence electrons. The second-order valence-corrected chi connectivity index (χ2v) is 9.37. The molecule has 0 heterocycles. The molecule has 5 rings (SSSR count). The highest BCUT2D eigenvalue weighted by molar-refractivity contribution is 6.23. The lowest BCUT2D eigenvalue weighted by molar-refractivity contribution is 0.798. The molecule has 5 aromatic carbocycles. The van der Waals surface area contributed by atoms with E-state index in [1.807, 2.05) is 0 Å². The molecule has 5 aromatic rings. The van der Waals surface area contributed by atoms with Gasteiger partial charge in [-0.15, -0.1) is 0 Å². The van der Waals surface area contributed by atoms with Crippen LogP contribution in [0.3, 0.4) is 0 Å². The number of aryl methyl sites for hydroxylation is 2. The summed E-state index contributed by atoms with van der Waals surface area (Å²) in [5, 5.41) is 5.67. The van der Waals surface area contributed by atoms with Gasteiger partial charge in [-0.05, 0) is 80.6 Å². The van der Waals surface area contributed by atoms with E-state index in [-0.39, 0.29) is 0 Å². The van der Waals surface area contributed by atoms with Crippen LogP contribution in [0.15, 0.2) is 97.1 Å². The van der Waals surface area contributed by atoms with Gasteiger partial charge in [0, 0.05) is 0 Å². The number of fused-ring (bicyclic) bond motifs is 3. The molecular formula is C34H34. The third-order valence-corrected chi connectivity index (χ3v) is 7.06. The van der Waals surface area contributed by atoms with Crippen molar-refractivity contribution < 1.29 is 0 Å². The Labute approximate surface area is 204 Å². The highest BCUT2D eigenvalue weighted by Gasteiger charge is 2.20. The Morgan fingerprint density at radius 2 is 0.941 bits per heavy atom. The van der Waals surface area contributed by atoms with E-state index in [0.717, 1.165) is 12.8 Å². The number of benzene rings is 5. The molecule has 0 spiro atoms. The number of hydrogen-bond donors (Lipinski definition) is 0. The molecule has 0 aliphatic heterocycles. The maximum Gasteiger partial charge on any atom is -0.00176 e. The van der Waals surface area contributed by atoms with Gasteiger partial charge < -0.3 is 0 Å². The topological polar surface area (TPSA) is 0 Å². The van der Waals surface area contributed by atoms with Gasteiger partial charge in [-0.1, -0.05) is 124 Å². The summed E-state index contributed by atoms with van der Waals surface area (Å²) < 4.78 is 0. The fourth-order valence-corrected chi connectivity index (χ4v) is 5.44. The molecule has 0 radical (unpaired) electrons. The molecule has 0 N–H and O–H groups in total. The normalized spacial score (nSPS) is 11.4. The Kier molecular flexibility index (Phi) is 6.77. The molecule has 0 amide bonds. The fourth-order valence-electron chi connectivity index (χ4n) is 5.44. The lowest BCUT2D eigenvalue weighted by Gasteiger charge is -2.22.